The minimum atomic E-state index is -0.527. The van der Waals surface area contributed by atoms with Crippen LogP contribution in [-0.4, -0.2) is 26.3 Å². The van der Waals surface area contributed by atoms with Crippen LogP contribution >= 0.6 is 0 Å². The van der Waals surface area contributed by atoms with E-state index in [1.54, 1.807) is 13.2 Å². The van der Waals surface area contributed by atoms with Crippen LogP contribution in [0.2, 0.25) is 0 Å². The molecule has 0 aromatic heterocycles. The van der Waals surface area contributed by atoms with Crippen LogP contribution in [0, 0.1) is 5.92 Å². The number of carbonyl (C=O) groups is 1. The van der Waals surface area contributed by atoms with Crippen molar-refractivity contribution in [2.24, 2.45) is 5.92 Å². The molecule has 7 nitrogen and oxygen atoms in total. The van der Waals surface area contributed by atoms with Crippen molar-refractivity contribution in [2.45, 2.75) is 73.4 Å². The van der Waals surface area contributed by atoms with Crippen molar-refractivity contribution in [3.8, 4) is 5.75 Å². The van der Waals surface area contributed by atoms with E-state index in [0.29, 0.717) is 18.7 Å². The molecule has 7 heteroatoms. The lowest BCUT2D eigenvalue weighted by atomic mass is 9.86. The molecule has 42 heavy (non-hydrogen) atoms. The highest BCUT2D eigenvalue weighted by Crippen LogP contribution is 2.39. The second-order valence-electron chi connectivity index (χ2n) is 10.9. The minimum absolute atomic E-state index is 0. The normalized spacial score (nSPS) is 19.6. The predicted molar refractivity (Wildman–Crippen MR) is 179 cm³/mol. The van der Waals surface area contributed by atoms with Crippen LogP contribution < -0.4 is 20.7 Å². The summed E-state index contributed by atoms with van der Waals surface area (Å²) in [4.78, 5) is 10.5. The summed E-state index contributed by atoms with van der Waals surface area (Å²) >= 11 is 0. The highest BCUT2D eigenvalue weighted by Gasteiger charge is 2.25. The number of allylic oxidation sites excluding steroid dienone is 8. The monoisotopic (exact) mass is 579 g/mol. The number of ether oxygens (including phenoxy) is 3. The van der Waals surface area contributed by atoms with E-state index in [0.717, 1.165) is 28.6 Å². The van der Waals surface area contributed by atoms with Crippen molar-refractivity contribution >= 4 is 17.8 Å². The fourth-order valence-corrected chi connectivity index (χ4v) is 4.00. The molecule has 1 aliphatic carbocycles. The van der Waals surface area contributed by atoms with Gasteiger partial charge in [-0.05, 0) is 62.1 Å². The molecule has 1 aliphatic rings. The number of carbonyl (C=O) groups excluding carboxylic acids is 1. The van der Waals surface area contributed by atoms with Gasteiger partial charge in [0, 0.05) is 31.2 Å². The van der Waals surface area contributed by atoms with Crippen LogP contribution in [0.25, 0.3) is 0 Å². The molecule has 2 rings (SSSR count). The van der Waals surface area contributed by atoms with Gasteiger partial charge in [-0.1, -0.05) is 59.4 Å². The van der Waals surface area contributed by atoms with Crippen LogP contribution in [0.3, 0.4) is 0 Å². The van der Waals surface area contributed by atoms with E-state index < -0.39 is 5.66 Å². The summed E-state index contributed by atoms with van der Waals surface area (Å²) in [5, 5.41) is 10.6. The molecule has 0 aliphatic heterocycles. The number of rotatable bonds is 11. The standard InChI is InChI=1S/C32H45N3O4.C2H4.CH4/c1-10-25(18-19-38-22-36)39-26-15-13-11-12-14-23(2)27(17-16-26)34-32(6,7)35-29-21-24(31(3,4)5)20-28(33-8)30(29)37-9;1-2;/h10-14,16-23,33-35H,15H2,1-9H3;1-2H2;1H4/b13-11-,14-12-,19-18-,25-10+,26-16+,27-17+;;. The Balaban J connectivity index is 0.00000548. The maximum absolute atomic E-state index is 10.5. The Morgan fingerprint density at radius 1 is 1.05 bits per heavy atom. The van der Waals surface area contributed by atoms with Crippen LogP contribution in [0.1, 0.15) is 67.9 Å². The van der Waals surface area contributed by atoms with E-state index in [-0.39, 0.29) is 18.8 Å². The van der Waals surface area contributed by atoms with Crippen molar-refractivity contribution < 1.29 is 19.0 Å². The molecule has 0 spiro atoms. The van der Waals surface area contributed by atoms with Crippen molar-refractivity contribution in [3.63, 3.8) is 0 Å². The first kappa shape index (κ1) is 37.9. The van der Waals surface area contributed by atoms with E-state index in [2.05, 4.69) is 93.6 Å². The first-order valence-electron chi connectivity index (χ1n) is 13.7. The van der Waals surface area contributed by atoms with Crippen LogP contribution in [0.5, 0.6) is 5.75 Å². The lowest BCUT2D eigenvalue weighted by Gasteiger charge is -2.34. The minimum Gasteiger partial charge on any atom is -0.492 e. The van der Waals surface area contributed by atoms with Gasteiger partial charge in [0.05, 0.1) is 24.7 Å². The van der Waals surface area contributed by atoms with E-state index in [4.69, 9.17) is 9.47 Å². The Kier molecular flexibility index (Phi) is 16.5. The molecule has 0 bridgehead atoms. The van der Waals surface area contributed by atoms with Crippen molar-refractivity contribution in [1.82, 2.24) is 5.32 Å². The van der Waals surface area contributed by atoms with Gasteiger partial charge in [-0.3, -0.25) is 4.79 Å². The van der Waals surface area contributed by atoms with Gasteiger partial charge >= 0.3 is 0 Å². The van der Waals surface area contributed by atoms with Crippen LogP contribution in [0.15, 0.2) is 97.4 Å². The zero-order chi connectivity index (χ0) is 31.1. The molecule has 0 saturated carbocycles. The topological polar surface area (TPSA) is 80.9 Å². The molecule has 1 atom stereocenters. The van der Waals surface area contributed by atoms with E-state index in [1.165, 1.54) is 11.8 Å². The molecular weight excluding hydrogens is 526 g/mol. The number of nitrogens with one attached hydrogen (secondary N) is 3. The molecule has 0 radical (unpaired) electrons. The van der Waals surface area contributed by atoms with Gasteiger partial charge in [-0.15, -0.1) is 13.2 Å². The van der Waals surface area contributed by atoms with Gasteiger partial charge in [-0.25, -0.2) is 0 Å². The molecule has 0 heterocycles. The first-order chi connectivity index (χ1) is 19.4. The van der Waals surface area contributed by atoms with Gasteiger partial charge in [0.2, 0.25) is 0 Å². The van der Waals surface area contributed by atoms with Crippen molar-refractivity contribution in [1.29, 1.82) is 0 Å². The summed E-state index contributed by atoms with van der Waals surface area (Å²) in [7, 11) is 3.59. The summed E-state index contributed by atoms with van der Waals surface area (Å²) in [5.41, 5.74) is 3.49. The Labute approximate surface area is 254 Å². The van der Waals surface area contributed by atoms with Gasteiger partial charge < -0.3 is 30.2 Å². The molecule has 0 amide bonds. The third-order valence-electron chi connectivity index (χ3n) is 6.14. The number of methoxy groups -OCH3 is 1. The fourth-order valence-electron chi connectivity index (χ4n) is 4.00. The van der Waals surface area contributed by atoms with Gasteiger partial charge in [-0.2, -0.15) is 0 Å². The molecule has 1 aromatic carbocycles. The second-order valence-corrected chi connectivity index (χ2v) is 10.9. The highest BCUT2D eigenvalue weighted by molar-refractivity contribution is 5.73. The predicted octanol–water partition coefficient (Wildman–Crippen LogP) is 8.74. The highest BCUT2D eigenvalue weighted by atomic mass is 16.5. The van der Waals surface area contributed by atoms with E-state index in [9.17, 15) is 4.79 Å². The van der Waals surface area contributed by atoms with Gasteiger partial charge in [0.25, 0.3) is 6.47 Å². The second kappa shape index (κ2) is 18.3. The summed E-state index contributed by atoms with van der Waals surface area (Å²) in [6.07, 6.45) is 17.6. The fraction of sp³-hybridized carbons (Fsp3) is 0.400. The first-order valence-corrected chi connectivity index (χ1v) is 13.7. The lowest BCUT2D eigenvalue weighted by molar-refractivity contribution is -0.123. The Morgan fingerprint density at radius 2 is 1.71 bits per heavy atom. The van der Waals surface area contributed by atoms with Crippen molar-refractivity contribution in [3.05, 3.63) is 103 Å². The number of benzene rings is 1. The van der Waals surface area contributed by atoms with Gasteiger partial charge in [0.1, 0.15) is 17.2 Å². The molecule has 0 saturated heterocycles. The third kappa shape index (κ3) is 12.2. The van der Waals surface area contributed by atoms with Crippen LogP contribution in [0.4, 0.5) is 11.4 Å². The molecule has 3 N–H and O–H groups in total. The summed E-state index contributed by atoms with van der Waals surface area (Å²) in [5.74, 6) is 2.21. The Hall–Kier alpha value is -4.13. The molecular formula is C35H53N3O4. The lowest BCUT2D eigenvalue weighted by Crippen LogP contribution is -2.47. The van der Waals surface area contributed by atoms with E-state index >= 15 is 0 Å². The zero-order valence-corrected chi connectivity index (χ0v) is 26.3. The number of hydrogen-bond acceptors (Lipinski definition) is 7. The average molecular weight is 580 g/mol. The molecule has 1 unspecified atom stereocenters. The summed E-state index contributed by atoms with van der Waals surface area (Å²) in [6.45, 7) is 21.2. The number of hydrogen-bond donors (Lipinski definition) is 3. The Bertz CT molecular complexity index is 1180. The Morgan fingerprint density at radius 3 is 2.29 bits per heavy atom. The quantitative estimate of drug-likeness (QED) is 0.0795. The van der Waals surface area contributed by atoms with Crippen molar-refractivity contribution in [2.75, 3.05) is 24.8 Å². The largest absolute Gasteiger partial charge is 0.492 e. The van der Waals surface area contributed by atoms with E-state index in [1.807, 2.05) is 50.4 Å². The molecule has 232 valence electrons. The zero-order valence-electron chi connectivity index (χ0n) is 26.3. The van der Waals surface area contributed by atoms with Crippen LogP contribution in [-0.2, 0) is 19.7 Å². The van der Waals surface area contributed by atoms with Gasteiger partial charge in [0.15, 0.2) is 5.75 Å². The third-order valence-corrected chi connectivity index (χ3v) is 6.14. The molecule has 1 aromatic rings. The number of anilines is 2. The summed E-state index contributed by atoms with van der Waals surface area (Å²) < 4.78 is 16.5. The smallest absolute Gasteiger partial charge is 0.297 e. The maximum Gasteiger partial charge on any atom is 0.297 e. The molecule has 0 fully saturated rings. The maximum atomic E-state index is 10.5. The SMILES string of the molecule is C.C/C=C(\C=C/OC=O)O/C1=C/C=C(/NC(C)(C)Nc2cc(C(C)(C)C)cc(NC)c2OC)C(C)/C=C\C=C/C1.C=C. The average Bonchev–Trinajstić information content (AvgIpc) is 2.93. The summed E-state index contributed by atoms with van der Waals surface area (Å²) in [6, 6.07) is 4.30.